The number of aromatic nitrogens is 5. The van der Waals surface area contributed by atoms with Crippen LogP contribution in [-0.2, 0) is 5.41 Å². The molecule has 0 radical (unpaired) electrons. The molecule has 0 saturated heterocycles. The summed E-state index contributed by atoms with van der Waals surface area (Å²) < 4.78 is 29.3. The molecule has 5 rings (SSSR count). The number of nitrogens with zero attached hydrogens (tertiary/aromatic N) is 5. The van der Waals surface area contributed by atoms with E-state index in [1.54, 1.807) is 30.5 Å². The standard InChI is InChI=1S/C19H12ClF2N5/c20-13-2-1-3-14(22)16(13)19(8-9-19)17-24-25-18-23-10-15(26-27(17)18)11-4-6-12(21)7-5-11/h1-7,10H,8-9H2. The van der Waals surface area contributed by atoms with Crippen LogP contribution in [0.15, 0.2) is 48.7 Å². The summed E-state index contributed by atoms with van der Waals surface area (Å²) in [7, 11) is 0. The second-order valence-electron chi connectivity index (χ2n) is 6.56. The highest BCUT2D eigenvalue weighted by atomic mass is 35.5. The predicted molar refractivity (Wildman–Crippen MR) is 95.4 cm³/mol. The summed E-state index contributed by atoms with van der Waals surface area (Å²) in [6.45, 7) is 0. The van der Waals surface area contributed by atoms with Crippen molar-refractivity contribution in [2.24, 2.45) is 0 Å². The molecule has 134 valence electrons. The van der Waals surface area contributed by atoms with Crippen molar-refractivity contribution in [1.29, 1.82) is 0 Å². The summed E-state index contributed by atoms with van der Waals surface area (Å²) in [6, 6.07) is 10.6. The quantitative estimate of drug-likeness (QED) is 0.532. The van der Waals surface area contributed by atoms with Gasteiger partial charge in [-0.25, -0.2) is 13.8 Å². The Morgan fingerprint density at radius 3 is 2.48 bits per heavy atom. The van der Waals surface area contributed by atoms with Gasteiger partial charge in [-0.3, -0.25) is 0 Å². The zero-order valence-electron chi connectivity index (χ0n) is 13.9. The Morgan fingerprint density at radius 2 is 1.78 bits per heavy atom. The monoisotopic (exact) mass is 383 g/mol. The SMILES string of the molecule is Fc1ccc(-c2cnc3nnc(C4(c5c(F)cccc5Cl)CC4)n3n2)cc1. The van der Waals surface area contributed by atoms with E-state index >= 15 is 0 Å². The zero-order chi connectivity index (χ0) is 18.6. The lowest BCUT2D eigenvalue weighted by molar-refractivity contribution is 0.580. The Hall–Kier alpha value is -2.93. The van der Waals surface area contributed by atoms with Crippen molar-refractivity contribution in [3.05, 3.63) is 76.7 Å². The van der Waals surface area contributed by atoms with Gasteiger partial charge < -0.3 is 0 Å². The van der Waals surface area contributed by atoms with Gasteiger partial charge in [0.05, 0.1) is 11.6 Å². The van der Waals surface area contributed by atoms with Crippen LogP contribution in [0.5, 0.6) is 0 Å². The van der Waals surface area contributed by atoms with E-state index in [0.717, 1.165) is 0 Å². The first-order chi connectivity index (χ1) is 13.1. The maximum Gasteiger partial charge on any atom is 0.271 e. The molecule has 2 heterocycles. The first kappa shape index (κ1) is 16.3. The third-order valence-corrected chi connectivity index (χ3v) is 5.21. The van der Waals surface area contributed by atoms with Crippen molar-refractivity contribution in [2.45, 2.75) is 18.3 Å². The lowest BCUT2D eigenvalue weighted by atomic mass is 9.94. The number of hydrogen-bond acceptors (Lipinski definition) is 4. The van der Waals surface area contributed by atoms with Crippen molar-refractivity contribution < 1.29 is 8.78 Å². The summed E-state index contributed by atoms with van der Waals surface area (Å²) >= 11 is 6.30. The Labute approximate surface area is 157 Å². The van der Waals surface area contributed by atoms with Crippen LogP contribution in [0.1, 0.15) is 24.2 Å². The van der Waals surface area contributed by atoms with Crippen LogP contribution in [0.4, 0.5) is 8.78 Å². The van der Waals surface area contributed by atoms with Crippen LogP contribution in [0, 0.1) is 11.6 Å². The Bertz CT molecular complexity index is 1150. The Balaban J connectivity index is 1.68. The molecule has 27 heavy (non-hydrogen) atoms. The normalized spacial score (nSPS) is 15.2. The molecule has 2 aromatic carbocycles. The fraction of sp³-hybridized carbons (Fsp3) is 0.158. The van der Waals surface area contributed by atoms with Gasteiger partial charge in [0.1, 0.15) is 17.3 Å². The molecule has 0 amide bonds. The van der Waals surface area contributed by atoms with Gasteiger partial charge in [-0.1, -0.05) is 17.7 Å². The van der Waals surface area contributed by atoms with Crippen LogP contribution >= 0.6 is 11.6 Å². The average molecular weight is 384 g/mol. The van der Waals surface area contributed by atoms with E-state index in [0.29, 0.717) is 46.3 Å². The predicted octanol–water partition coefficient (Wildman–Crippen LogP) is 4.20. The van der Waals surface area contributed by atoms with E-state index in [1.165, 1.54) is 22.7 Å². The van der Waals surface area contributed by atoms with Crippen LogP contribution in [0.25, 0.3) is 17.0 Å². The molecule has 5 nitrogen and oxygen atoms in total. The molecule has 1 aliphatic rings. The van der Waals surface area contributed by atoms with Gasteiger partial charge >= 0.3 is 0 Å². The smallest absolute Gasteiger partial charge is 0.216 e. The third-order valence-electron chi connectivity index (χ3n) is 4.89. The van der Waals surface area contributed by atoms with Gasteiger partial charge in [-0.05, 0) is 49.2 Å². The van der Waals surface area contributed by atoms with Crippen LogP contribution in [0.2, 0.25) is 5.02 Å². The molecule has 2 aromatic heterocycles. The third kappa shape index (κ3) is 2.49. The first-order valence-electron chi connectivity index (χ1n) is 8.38. The van der Waals surface area contributed by atoms with E-state index in [2.05, 4.69) is 20.3 Å². The van der Waals surface area contributed by atoms with Gasteiger partial charge in [0, 0.05) is 16.1 Å². The highest BCUT2D eigenvalue weighted by Crippen LogP contribution is 2.55. The summed E-state index contributed by atoms with van der Waals surface area (Å²) in [5.74, 6) is 0.110. The second kappa shape index (κ2) is 5.79. The van der Waals surface area contributed by atoms with Crippen LogP contribution in [0.3, 0.4) is 0 Å². The average Bonchev–Trinajstić information content (AvgIpc) is 3.33. The molecule has 1 aliphatic carbocycles. The van der Waals surface area contributed by atoms with Gasteiger partial charge in [-0.2, -0.15) is 9.61 Å². The minimum Gasteiger partial charge on any atom is -0.216 e. The van der Waals surface area contributed by atoms with Crippen LogP contribution in [-0.4, -0.2) is 24.8 Å². The molecule has 8 heteroatoms. The summed E-state index contributed by atoms with van der Waals surface area (Å²) in [4.78, 5) is 4.29. The molecule has 4 aromatic rings. The molecule has 0 spiro atoms. The molecule has 0 atom stereocenters. The molecule has 1 saturated carbocycles. The van der Waals surface area contributed by atoms with E-state index < -0.39 is 5.41 Å². The van der Waals surface area contributed by atoms with Gasteiger partial charge in [0.15, 0.2) is 5.82 Å². The van der Waals surface area contributed by atoms with E-state index in [4.69, 9.17) is 11.6 Å². The number of halogens is 3. The Kier molecular flexibility index (Phi) is 3.48. The topological polar surface area (TPSA) is 56.0 Å². The molecule has 0 bridgehead atoms. The van der Waals surface area contributed by atoms with Gasteiger partial charge in [0.25, 0.3) is 5.78 Å². The van der Waals surface area contributed by atoms with Gasteiger partial charge in [-0.15, -0.1) is 10.2 Å². The minimum atomic E-state index is -0.669. The van der Waals surface area contributed by atoms with Crippen LogP contribution < -0.4 is 0 Å². The lowest BCUT2D eigenvalue weighted by Crippen LogP contribution is -2.17. The van der Waals surface area contributed by atoms with E-state index in [1.807, 2.05) is 0 Å². The largest absolute Gasteiger partial charge is 0.271 e. The van der Waals surface area contributed by atoms with Crippen molar-refractivity contribution in [3.63, 3.8) is 0 Å². The van der Waals surface area contributed by atoms with Crippen molar-refractivity contribution in [1.82, 2.24) is 24.8 Å². The summed E-state index contributed by atoms with van der Waals surface area (Å²) in [5, 5.41) is 13.2. The molecular weight excluding hydrogens is 372 g/mol. The first-order valence-corrected chi connectivity index (χ1v) is 8.76. The minimum absolute atomic E-state index is 0.314. The fourth-order valence-corrected chi connectivity index (χ4v) is 3.76. The second-order valence-corrected chi connectivity index (χ2v) is 6.97. The van der Waals surface area contributed by atoms with E-state index in [9.17, 15) is 8.78 Å². The maximum absolute atomic E-state index is 14.5. The molecule has 0 N–H and O–H groups in total. The molecule has 0 unspecified atom stereocenters. The summed E-state index contributed by atoms with van der Waals surface area (Å²) in [6.07, 6.45) is 2.94. The number of benzene rings is 2. The number of rotatable bonds is 3. The fourth-order valence-electron chi connectivity index (χ4n) is 3.41. The molecular formula is C19H12ClF2N5. The van der Waals surface area contributed by atoms with Crippen molar-refractivity contribution in [3.8, 4) is 11.3 Å². The molecule has 0 aliphatic heterocycles. The van der Waals surface area contributed by atoms with Crippen molar-refractivity contribution >= 4 is 17.4 Å². The van der Waals surface area contributed by atoms with Crippen molar-refractivity contribution in [2.75, 3.05) is 0 Å². The highest BCUT2D eigenvalue weighted by Gasteiger charge is 2.53. The Morgan fingerprint density at radius 1 is 1.00 bits per heavy atom. The number of hydrogen-bond donors (Lipinski definition) is 0. The lowest BCUT2D eigenvalue weighted by Gasteiger charge is -2.16. The maximum atomic E-state index is 14.5. The highest BCUT2D eigenvalue weighted by molar-refractivity contribution is 6.31. The van der Waals surface area contributed by atoms with E-state index in [-0.39, 0.29) is 11.6 Å². The zero-order valence-corrected chi connectivity index (χ0v) is 14.7. The number of fused-ring (bicyclic) bond motifs is 1. The molecule has 1 fully saturated rings. The van der Waals surface area contributed by atoms with Gasteiger partial charge in [0.2, 0.25) is 0 Å². The summed E-state index contributed by atoms with van der Waals surface area (Å²) in [5.41, 5.74) is 0.992.